The van der Waals surface area contributed by atoms with Crippen LogP contribution in [0.2, 0.25) is 0 Å². The van der Waals surface area contributed by atoms with Crippen LogP contribution in [-0.4, -0.2) is 57.4 Å². The van der Waals surface area contributed by atoms with Crippen LogP contribution in [0, 0.1) is 5.92 Å². The molecule has 7 heteroatoms. The van der Waals surface area contributed by atoms with Gasteiger partial charge in [0.1, 0.15) is 5.82 Å². The number of aromatic nitrogens is 2. The van der Waals surface area contributed by atoms with Crippen LogP contribution in [0.15, 0.2) is 12.4 Å². The summed E-state index contributed by atoms with van der Waals surface area (Å²) in [7, 11) is 0. The van der Waals surface area contributed by atoms with Gasteiger partial charge in [-0.1, -0.05) is 0 Å². The highest BCUT2D eigenvalue weighted by atomic mass is 16.2. The molecule has 1 N–H and O–H groups in total. The first-order valence-electron chi connectivity index (χ1n) is 9.85. The maximum Gasteiger partial charge on any atom is 0.321 e. The van der Waals surface area contributed by atoms with Crippen LogP contribution in [0.25, 0.3) is 0 Å². The molecular weight excluding hydrogens is 330 g/mol. The number of likely N-dealkylation sites (tertiary alicyclic amines) is 2. The summed E-state index contributed by atoms with van der Waals surface area (Å²) in [6.45, 7) is 2.28. The fourth-order valence-electron chi connectivity index (χ4n) is 3.96. The zero-order valence-corrected chi connectivity index (χ0v) is 15.2. The third kappa shape index (κ3) is 4.14. The number of hydrogen-bond acceptors (Lipinski definition) is 4. The Morgan fingerprint density at radius 3 is 2.58 bits per heavy atom. The first-order valence-corrected chi connectivity index (χ1v) is 9.85. The molecule has 140 valence electrons. The highest BCUT2D eigenvalue weighted by molar-refractivity contribution is 5.89. The highest BCUT2D eigenvalue weighted by Crippen LogP contribution is 2.31. The molecule has 2 saturated heterocycles. The van der Waals surface area contributed by atoms with Gasteiger partial charge in [0.15, 0.2) is 0 Å². The quantitative estimate of drug-likeness (QED) is 0.898. The number of nitrogens with one attached hydrogen (secondary N) is 1. The summed E-state index contributed by atoms with van der Waals surface area (Å²) in [5.74, 6) is 1.89. The average Bonchev–Trinajstić information content (AvgIpc) is 3.40. The van der Waals surface area contributed by atoms with E-state index >= 15 is 0 Å². The average molecular weight is 357 g/mol. The molecular formula is C19H27N5O2. The monoisotopic (exact) mass is 357 g/mol. The van der Waals surface area contributed by atoms with Gasteiger partial charge in [0, 0.05) is 38.5 Å². The van der Waals surface area contributed by atoms with Gasteiger partial charge in [-0.3, -0.25) is 4.79 Å². The van der Waals surface area contributed by atoms with Gasteiger partial charge in [-0.05, 0) is 44.4 Å². The maximum absolute atomic E-state index is 12.6. The van der Waals surface area contributed by atoms with Crippen molar-refractivity contribution >= 4 is 17.6 Å². The van der Waals surface area contributed by atoms with Gasteiger partial charge in [-0.15, -0.1) is 0 Å². The Bertz CT molecular complexity index is 658. The van der Waals surface area contributed by atoms with Crippen LogP contribution in [0.4, 0.5) is 10.5 Å². The number of amides is 3. The Kier molecular flexibility index (Phi) is 5.04. The second kappa shape index (κ2) is 7.60. The van der Waals surface area contributed by atoms with E-state index in [1.165, 1.54) is 12.8 Å². The van der Waals surface area contributed by atoms with E-state index in [0.29, 0.717) is 18.7 Å². The molecule has 26 heavy (non-hydrogen) atoms. The third-order valence-corrected chi connectivity index (χ3v) is 5.66. The predicted octanol–water partition coefficient (Wildman–Crippen LogP) is 2.44. The molecule has 7 nitrogen and oxygen atoms in total. The second-order valence-electron chi connectivity index (χ2n) is 7.73. The van der Waals surface area contributed by atoms with Crippen molar-refractivity contribution in [2.24, 2.45) is 5.92 Å². The Morgan fingerprint density at radius 2 is 1.88 bits per heavy atom. The van der Waals surface area contributed by atoms with Crippen LogP contribution < -0.4 is 5.32 Å². The minimum absolute atomic E-state index is 0.100. The Balaban J connectivity index is 1.29. The Labute approximate surface area is 154 Å². The second-order valence-corrected chi connectivity index (χ2v) is 7.73. The first-order chi connectivity index (χ1) is 12.7. The number of urea groups is 1. The lowest BCUT2D eigenvalue weighted by molar-refractivity contribution is -0.129. The minimum atomic E-state index is -0.100. The van der Waals surface area contributed by atoms with E-state index in [2.05, 4.69) is 15.3 Å². The van der Waals surface area contributed by atoms with Crippen molar-refractivity contribution in [1.29, 1.82) is 0 Å². The van der Waals surface area contributed by atoms with Crippen LogP contribution in [0.5, 0.6) is 0 Å². The standard InChI is InChI=1S/C19H27N5O2/c25-18-4-2-9-24(18)16-3-1-8-23(10-7-16)19(26)22-15-12-20-17(21-13-15)11-14-5-6-14/h12-14,16H,1-11H2,(H,22,26). The number of carbonyl (C=O) groups is 2. The molecule has 3 amide bonds. The summed E-state index contributed by atoms with van der Waals surface area (Å²) in [6.07, 6.45) is 11.3. The largest absolute Gasteiger partial charge is 0.340 e. The molecule has 1 atom stereocenters. The zero-order chi connectivity index (χ0) is 17.9. The molecule has 1 unspecified atom stereocenters. The van der Waals surface area contributed by atoms with Crippen molar-refractivity contribution in [3.8, 4) is 0 Å². The van der Waals surface area contributed by atoms with Gasteiger partial charge < -0.3 is 15.1 Å². The summed E-state index contributed by atoms with van der Waals surface area (Å²) in [4.78, 5) is 37.1. The Morgan fingerprint density at radius 1 is 1.08 bits per heavy atom. The summed E-state index contributed by atoms with van der Waals surface area (Å²) in [5, 5.41) is 2.91. The van der Waals surface area contributed by atoms with Crippen LogP contribution >= 0.6 is 0 Å². The topological polar surface area (TPSA) is 78.4 Å². The molecule has 1 aromatic heterocycles. The molecule has 0 bridgehead atoms. The maximum atomic E-state index is 12.6. The molecule has 3 heterocycles. The van der Waals surface area contributed by atoms with E-state index < -0.39 is 0 Å². The highest BCUT2D eigenvalue weighted by Gasteiger charge is 2.30. The van der Waals surface area contributed by atoms with Gasteiger partial charge in [0.2, 0.25) is 5.91 Å². The van der Waals surface area contributed by atoms with Crippen molar-refractivity contribution in [2.75, 3.05) is 25.0 Å². The molecule has 0 spiro atoms. The number of nitrogens with zero attached hydrogens (tertiary/aromatic N) is 4. The molecule has 3 fully saturated rings. The summed E-state index contributed by atoms with van der Waals surface area (Å²) >= 11 is 0. The third-order valence-electron chi connectivity index (χ3n) is 5.66. The fraction of sp³-hybridized carbons (Fsp3) is 0.684. The van der Waals surface area contributed by atoms with Gasteiger partial charge in [-0.2, -0.15) is 0 Å². The molecule has 0 radical (unpaired) electrons. The lowest BCUT2D eigenvalue weighted by atomic mass is 10.1. The number of rotatable bonds is 4. The van der Waals surface area contributed by atoms with E-state index in [1.807, 2.05) is 9.80 Å². The SMILES string of the molecule is O=C(Nc1cnc(CC2CC2)nc1)N1CCCC(N2CCCC2=O)CC1. The van der Waals surface area contributed by atoms with Crippen molar-refractivity contribution in [3.05, 3.63) is 18.2 Å². The van der Waals surface area contributed by atoms with Gasteiger partial charge in [0.05, 0.1) is 18.1 Å². The van der Waals surface area contributed by atoms with Gasteiger partial charge >= 0.3 is 6.03 Å². The number of anilines is 1. The summed E-state index contributed by atoms with van der Waals surface area (Å²) in [6, 6.07) is 0.185. The molecule has 3 aliphatic rings. The Hall–Kier alpha value is -2.18. The van der Waals surface area contributed by atoms with Crippen LogP contribution in [-0.2, 0) is 11.2 Å². The minimum Gasteiger partial charge on any atom is -0.340 e. The van der Waals surface area contributed by atoms with E-state index in [9.17, 15) is 9.59 Å². The number of carbonyl (C=O) groups excluding carboxylic acids is 2. The lowest BCUT2D eigenvalue weighted by Crippen LogP contribution is -2.39. The first kappa shape index (κ1) is 17.2. The lowest BCUT2D eigenvalue weighted by Gasteiger charge is -2.27. The van der Waals surface area contributed by atoms with Crippen LogP contribution in [0.3, 0.4) is 0 Å². The number of hydrogen-bond donors (Lipinski definition) is 1. The van der Waals surface area contributed by atoms with Gasteiger partial charge in [0.25, 0.3) is 0 Å². The molecule has 0 aromatic carbocycles. The van der Waals surface area contributed by atoms with Crippen molar-refractivity contribution in [3.63, 3.8) is 0 Å². The van der Waals surface area contributed by atoms with Crippen molar-refractivity contribution in [1.82, 2.24) is 19.8 Å². The predicted molar refractivity (Wildman–Crippen MR) is 97.6 cm³/mol. The normalized spacial score (nSPS) is 23.8. The molecule has 4 rings (SSSR count). The van der Waals surface area contributed by atoms with E-state index in [0.717, 1.165) is 56.9 Å². The molecule has 2 aliphatic heterocycles. The zero-order valence-electron chi connectivity index (χ0n) is 15.2. The summed E-state index contributed by atoms with van der Waals surface area (Å²) < 4.78 is 0. The summed E-state index contributed by atoms with van der Waals surface area (Å²) in [5.41, 5.74) is 0.644. The molecule has 1 aromatic rings. The van der Waals surface area contributed by atoms with Crippen molar-refractivity contribution < 1.29 is 9.59 Å². The van der Waals surface area contributed by atoms with Gasteiger partial charge in [-0.25, -0.2) is 14.8 Å². The smallest absolute Gasteiger partial charge is 0.321 e. The van der Waals surface area contributed by atoms with Crippen LogP contribution in [0.1, 0.15) is 50.8 Å². The molecule has 1 saturated carbocycles. The van der Waals surface area contributed by atoms with E-state index in [-0.39, 0.29) is 18.0 Å². The molecule has 1 aliphatic carbocycles. The van der Waals surface area contributed by atoms with E-state index in [1.54, 1.807) is 12.4 Å². The fourth-order valence-corrected chi connectivity index (χ4v) is 3.96. The van der Waals surface area contributed by atoms with Crippen molar-refractivity contribution in [2.45, 2.75) is 57.4 Å². The van der Waals surface area contributed by atoms with E-state index in [4.69, 9.17) is 0 Å².